The van der Waals surface area contributed by atoms with Gasteiger partial charge in [0.2, 0.25) is 0 Å². The second kappa shape index (κ2) is 6.81. The van der Waals surface area contributed by atoms with E-state index in [0.29, 0.717) is 27.6 Å². The van der Waals surface area contributed by atoms with Gasteiger partial charge in [0.05, 0.1) is 27.7 Å². The smallest absolute Gasteiger partial charge is 0.0781 e. The van der Waals surface area contributed by atoms with Crippen LogP contribution in [0.5, 0.6) is 0 Å². The van der Waals surface area contributed by atoms with Crippen LogP contribution < -0.4 is 5.48 Å². The summed E-state index contributed by atoms with van der Waals surface area (Å²) in [4.78, 5) is 5.35. The zero-order valence-corrected chi connectivity index (χ0v) is 12.3. The Kier molecular flexibility index (Phi) is 6.04. The summed E-state index contributed by atoms with van der Waals surface area (Å²) in [5, 5.41) is 1.30. The van der Waals surface area contributed by atoms with Crippen LogP contribution in [0.1, 0.15) is 32.4 Å². The van der Waals surface area contributed by atoms with Crippen LogP contribution in [-0.2, 0) is 4.84 Å². The van der Waals surface area contributed by atoms with Crippen molar-refractivity contribution in [1.82, 2.24) is 5.48 Å². The number of hydrogen-bond donors (Lipinski definition) is 1. The Bertz CT molecular complexity index is 382. The molecule has 2 nitrogen and oxygen atoms in total. The van der Waals surface area contributed by atoms with Crippen molar-refractivity contribution in [2.24, 2.45) is 5.92 Å². The molecule has 17 heavy (non-hydrogen) atoms. The average molecular weight is 297 g/mol. The van der Waals surface area contributed by atoms with Gasteiger partial charge in [0, 0.05) is 0 Å². The van der Waals surface area contributed by atoms with Crippen LogP contribution in [0.4, 0.5) is 0 Å². The lowest BCUT2D eigenvalue weighted by Gasteiger charge is -2.17. The van der Waals surface area contributed by atoms with E-state index in [0.717, 1.165) is 5.56 Å². The first-order valence-corrected chi connectivity index (χ1v) is 6.57. The van der Waals surface area contributed by atoms with Crippen molar-refractivity contribution < 1.29 is 4.84 Å². The highest BCUT2D eigenvalue weighted by Crippen LogP contribution is 2.35. The third-order valence-corrected chi connectivity index (χ3v) is 3.52. The van der Waals surface area contributed by atoms with Gasteiger partial charge < -0.3 is 4.84 Å². The molecule has 1 atom stereocenters. The van der Waals surface area contributed by atoms with Crippen LogP contribution in [0.15, 0.2) is 12.1 Å². The molecule has 0 amide bonds. The highest BCUT2D eigenvalue weighted by Gasteiger charge is 2.14. The van der Waals surface area contributed by atoms with Gasteiger partial charge in [-0.3, -0.25) is 0 Å². The number of rotatable bonds is 5. The molecule has 0 saturated carbocycles. The van der Waals surface area contributed by atoms with Gasteiger partial charge in [-0.1, -0.05) is 54.7 Å². The first-order valence-electron chi connectivity index (χ1n) is 5.44. The number of halogens is 3. The molecule has 0 spiro atoms. The maximum absolute atomic E-state index is 6.12. The second-order valence-corrected chi connectivity index (χ2v) is 5.47. The van der Waals surface area contributed by atoms with Crippen molar-refractivity contribution in [3.63, 3.8) is 0 Å². The lowest BCUT2D eigenvalue weighted by molar-refractivity contribution is 0.00411. The fourth-order valence-electron chi connectivity index (χ4n) is 1.28. The Morgan fingerprint density at radius 3 is 2.35 bits per heavy atom. The van der Waals surface area contributed by atoms with Crippen molar-refractivity contribution in [2.75, 3.05) is 6.61 Å². The lowest BCUT2D eigenvalue weighted by atomic mass is 10.1. The highest BCUT2D eigenvalue weighted by molar-refractivity contribution is 6.48. The van der Waals surface area contributed by atoms with Gasteiger partial charge in [-0.25, -0.2) is 0 Å². The standard InChI is InChI=1S/C12H16Cl3NO/c1-7(2)6-17-16-8(3)9-4-5-10(13)12(15)11(9)14/h4-5,7-8,16H,6H2,1-3H3. The molecule has 0 aromatic heterocycles. The minimum absolute atomic E-state index is 0.0454. The Morgan fingerprint density at radius 1 is 1.12 bits per heavy atom. The van der Waals surface area contributed by atoms with E-state index in [1.165, 1.54) is 0 Å². The van der Waals surface area contributed by atoms with E-state index < -0.39 is 0 Å². The van der Waals surface area contributed by atoms with Gasteiger partial charge in [0.15, 0.2) is 0 Å². The molecular formula is C12H16Cl3NO. The number of hydrogen-bond acceptors (Lipinski definition) is 2. The topological polar surface area (TPSA) is 21.3 Å². The molecule has 0 fully saturated rings. The van der Waals surface area contributed by atoms with Gasteiger partial charge in [-0.05, 0) is 24.5 Å². The molecule has 0 heterocycles. The molecular weight excluding hydrogens is 280 g/mol. The molecule has 0 saturated heterocycles. The molecule has 0 aliphatic carbocycles. The Hall–Kier alpha value is 0.01000. The van der Waals surface area contributed by atoms with E-state index in [1.54, 1.807) is 6.07 Å². The summed E-state index contributed by atoms with van der Waals surface area (Å²) >= 11 is 18.0. The largest absolute Gasteiger partial charge is 0.301 e. The monoisotopic (exact) mass is 295 g/mol. The van der Waals surface area contributed by atoms with Crippen molar-refractivity contribution >= 4 is 34.8 Å². The summed E-state index contributed by atoms with van der Waals surface area (Å²) in [6.45, 7) is 6.76. The van der Waals surface area contributed by atoms with Crippen LogP contribution in [0.3, 0.4) is 0 Å². The normalized spacial score (nSPS) is 13.1. The molecule has 0 bridgehead atoms. The van der Waals surface area contributed by atoms with E-state index in [1.807, 2.05) is 13.0 Å². The fraction of sp³-hybridized carbons (Fsp3) is 0.500. The zero-order valence-electron chi connectivity index (χ0n) is 10.1. The van der Waals surface area contributed by atoms with Crippen molar-refractivity contribution in [2.45, 2.75) is 26.8 Å². The Balaban J connectivity index is 2.69. The van der Waals surface area contributed by atoms with Gasteiger partial charge in [-0.15, -0.1) is 0 Å². The molecule has 1 rings (SSSR count). The molecule has 0 aliphatic heterocycles. The number of hydroxylamine groups is 1. The summed E-state index contributed by atoms with van der Waals surface area (Å²) in [6, 6.07) is 3.52. The molecule has 96 valence electrons. The molecule has 5 heteroatoms. The van der Waals surface area contributed by atoms with Crippen molar-refractivity contribution in [3.05, 3.63) is 32.8 Å². The van der Waals surface area contributed by atoms with E-state index in [2.05, 4.69) is 19.3 Å². The van der Waals surface area contributed by atoms with E-state index in [-0.39, 0.29) is 6.04 Å². The van der Waals surface area contributed by atoms with Crippen LogP contribution in [0.2, 0.25) is 15.1 Å². The first-order chi connectivity index (χ1) is 7.93. The summed E-state index contributed by atoms with van der Waals surface area (Å²) in [5.74, 6) is 0.471. The molecule has 1 aromatic rings. The van der Waals surface area contributed by atoms with E-state index in [9.17, 15) is 0 Å². The van der Waals surface area contributed by atoms with Gasteiger partial charge in [-0.2, -0.15) is 5.48 Å². The predicted molar refractivity (Wildman–Crippen MR) is 73.8 cm³/mol. The fourth-order valence-corrected chi connectivity index (χ4v) is 1.98. The van der Waals surface area contributed by atoms with Gasteiger partial charge in [0.25, 0.3) is 0 Å². The predicted octanol–water partition coefficient (Wildman–Crippen LogP) is 4.89. The minimum Gasteiger partial charge on any atom is -0.301 e. The second-order valence-electron chi connectivity index (χ2n) is 4.31. The number of benzene rings is 1. The van der Waals surface area contributed by atoms with Gasteiger partial charge >= 0.3 is 0 Å². The summed E-state index contributed by atoms with van der Waals surface area (Å²) in [6.07, 6.45) is 0. The van der Waals surface area contributed by atoms with Crippen LogP contribution in [0.25, 0.3) is 0 Å². The lowest BCUT2D eigenvalue weighted by Crippen LogP contribution is -2.21. The summed E-state index contributed by atoms with van der Waals surface area (Å²) in [7, 11) is 0. The van der Waals surface area contributed by atoms with Crippen LogP contribution in [-0.4, -0.2) is 6.61 Å². The summed E-state index contributed by atoms with van der Waals surface area (Å²) < 4.78 is 0. The highest BCUT2D eigenvalue weighted by atomic mass is 35.5. The third kappa shape index (κ3) is 4.31. The quantitative estimate of drug-likeness (QED) is 0.617. The Morgan fingerprint density at radius 2 is 1.76 bits per heavy atom. The molecule has 0 aliphatic rings. The SMILES string of the molecule is CC(C)CONC(C)c1ccc(Cl)c(Cl)c1Cl. The van der Waals surface area contributed by atoms with E-state index in [4.69, 9.17) is 39.6 Å². The van der Waals surface area contributed by atoms with Crippen LogP contribution >= 0.6 is 34.8 Å². The first kappa shape index (κ1) is 15.1. The van der Waals surface area contributed by atoms with Crippen molar-refractivity contribution in [1.29, 1.82) is 0 Å². The zero-order chi connectivity index (χ0) is 13.0. The molecule has 1 unspecified atom stereocenters. The number of nitrogens with one attached hydrogen (secondary N) is 1. The molecule has 1 aromatic carbocycles. The van der Waals surface area contributed by atoms with Crippen molar-refractivity contribution in [3.8, 4) is 0 Å². The average Bonchev–Trinajstić information content (AvgIpc) is 2.25. The minimum atomic E-state index is -0.0454. The third-order valence-electron chi connectivity index (χ3n) is 2.21. The van der Waals surface area contributed by atoms with Gasteiger partial charge in [0.1, 0.15) is 0 Å². The maximum atomic E-state index is 6.12. The molecule has 1 N–H and O–H groups in total. The van der Waals surface area contributed by atoms with E-state index >= 15 is 0 Å². The van der Waals surface area contributed by atoms with Crippen LogP contribution in [0, 0.1) is 5.92 Å². The Labute approximate surface area is 117 Å². The maximum Gasteiger partial charge on any atom is 0.0781 e. The summed E-state index contributed by atoms with van der Waals surface area (Å²) in [5.41, 5.74) is 3.80. The molecule has 0 radical (unpaired) electrons.